The maximum Gasteiger partial charge on any atom is 0.230 e. The number of H-pyrrole nitrogens is 1. The number of carbonyl (C=O) groups excluding carboxylic acids is 1. The Labute approximate surface area is 229 Å². The molecule has 2 aromatic carbocycles. The van der Waals surface area contributed by atoms with Gasteiger partial charge in [-0.2, -0.15) is 5.10 Å². The van der Waals surface area contributed by atoms with Crippen molar-refractivity contribution in [2.45, 2.75) is 38.1 Å². The third kappa shape index (κ3) is 6.69. The Bertz CT molecular complexity index is 1470. The summed E-state index contributed by atoms with van der Waals surface area (Å²) in [5, 5.41) is 22.4. The fourth-order valence-corrected chi connectivity index (χ4v) is 4.95. The van der Waals surface area contributed by atoms with Gasteiger partial charge in [0.05, 0.1) is 24.2 Å². The number of aliphatic hydroxyl groups is 1. The second kappa shape index (κ2) is 12.8. The fraction of sp³-hybridized carbons (Fsp3) is 0.357. The molecule has 4 N–H and O–H groups in total. The zero-order chi connectivity index (χ0) is 27.9. The van der Waals surface area contributed by atoms with Crippen molar-refractivity contribution in [3.63, 3.8) is 0 Å². The van der Waals surface area contributed by atoms with Crippen LogP contribution in [0.2, 0.25) is 0 Å². The number of aromatic amines is 1. The van der Waals surface area contributed by atoms with E-state index in [1.165, 1.54) is 24.9 Å². The molecule has 1 atom stereocenters. The van der Waals surface area contributed by atoms with Gasteiger partial charge in [-0.25, -0.2) is 18.7 Å². The van der Waals surface area contributed by atoms with Gasteiger partial charge in [-0.15, -0.1) is 0 Å². The number of amides is 1. The highest BCUT2D eigenvalue weighted by atomic mass is 19.2. The van der Waals surface area contributed by atoms with Crippen LogP contribution in [0, 0.1) is 11.6 Å². The Kier molecular flexibility index (Phi) is 8.77. The molecule has 12 heteroatoms. The summed E-state index contributed by atoms with van der Waals surface area (Å²) in [4.78, 5) is 23.4. The Morgan fingerprint density at radius 1 is 1.20 bits per heavy atom. The second-order valence-electron chi connectivity index (χ2n) is 9.68. The third-order valence-electron chi connectivity index (χ3n) is 6.88. The highest BCUT2D eigenvalue weighted by Gasteiger charge is 2.23. The molecule has 0 spiro atoms. The Hall–Kier alpha value is -4.16. The maximum atomic E-state index is 13.8. The van der Waals surface area contributed by atoms with E-state index in [1.54, 1.807) is 6.07 Å². The van der Waals surface area contributed by atoms with E-state index in [4.69, 9.17) is 4.74 Å². The number of rotatable bonds is 12. The van der Waals surface area contributed by atoms with Crippen molar-refractivity contribution in [1.82, 2.24) is 25.1 Å². The zero-order valence-corrected chi connectivity index (χ0v) is 21.9. The number of likely N-dealkylation sites (tertiary alicyclic amines) is 1. The smallest absolute Gasteiger partial charge is 0.230 e. The van der Waals surface area contributed by atoms with Crippen LogP contribution in [0.5, 0.6) is 5.75 Å². The van der Waals surface area contributed by atoms with E-state index < -0.39 is 17.5 Å². The molecule has 3 heterocycles. The van der Waals surface area contributed by atoms with Crippen LogP contribution in [-0.4, -0.2) is 68.4 Å². The number of aliphatic hydroxyl groups excluding tert-OH is 1. The lowest BCUT2D eigenvalue weighted by Crippen LogP contribution is -2.31. The van der Waals surface area contributed by atoms with Crippen LogP contribution >= 0.6 is 0 Å². The number of nitrogens with zero attached hydrogens (tertiary/aromatic N) is 4. The Morgan fingerprint density at radius 2 is 2.10 bits per heavy atom. The lowest BCUT2D eigenvalue weighted by Gasteiger charge is -2.23. The van der Waals surface area contributed by atoms with Crippen molar-refractivity contribution in [3.8, 4) is 5.75 Å². The van der Waals surface area contributed by atoms with Gasteiger partial charge in [-0.05, 0) is 56.5 Å². The van der Waals surface area contributed by atoms with E-state index in [-0.39, 0.29) is 18.7 Å². The summed E-state index contributed by atoms with van der Waals surface area (Å²) in [6.45, 7) is 2.84. The number of halogens is 2. The van der Waals surface area contributed by atoms with Gasteiger partial charge in [-0.1, -0.05) is 6.07 Å². The predicted molar refractivity (Wildman–Crippen MR) is 147 cm³/mol. The molecule has 5 rings (SSSR count). The lowest BCUT2D eigenvalue weighted by atomic mass is 10.1. The molecule has 1 aliphatic heterocycles. The predicted octanol–water partition coefficient (Wildman–Crippen LogP) is 4.17. The van der Waals surface area contributed by atoms with Gasteiger partial charge >= 0.3 is 0 Å². The van der Waals surface area contributed by atoms with Crippen LogP contribution in [0.3, 0.4) is 0 Å². The van der Waals surface area contributed by atoms with Crippen LogP contribution in [0.1, 0.15) is 31.4 Å². The van der Waals surface area contributed by atoms with Crippen LogP contribution < -0.4 is 15.4 Å². The summed E-state index contributed by atoms with van der Waals surface area (Å²) in [6, 6.07) is 11.3. The number of benzene rings is 2. The molecule has 1 unspecified atom stereocenters. The molecule has 0 saturated carbocycles. The van der Waals surface area contributed by atoms with Crippen LogP contribution in [0.25, 0.3) is 10.9 Å². The second-order valence-corrected chi connectivity index (χ2v) is 9.68. The van der Waals surface area contributed by atoms with Gasteiger partial charge in [0.1, 0.15) is 17.9 Å². The van der Waals surface area contributed by atoms with Gasteiger partial charge < -0.3 is 25.4 Å². The number of ether oxygens (including phenoxy) is 1. The summed E-state index contributed by atoms with van der Waals surface area (Å²) in [5.74, 6) is -0.988. The molecule has 4 aromatic rings. The molecule has 1 amide bonds. The van der Waals surface area contributed by atoms with Crippen molar-refractivity contribution in [2.24, 2.45) is 0 Å². The van der Waals surface area contributed by atoms with Crippen LogP contribution in [0.4, 0.5) is 26.1 Å². The number of hydrogen-bond donors (Lipinski definition) is 4. The molecular formula is C28H31F2N7O3. The highest BCUT2D eigenvalue weighted by molar-refractivity contribution is 5.93. The number of carbonyl (C=O) groups is 1. The highest BCUT2D eigenvalue weighted by Crippen LogP contribution is 2.26. The summed E-state index contributed by atoms with van der Waals surface area (Å²) < 4.78 is 33.2. The molecule has 0 bridgehead atoms. The first-order valence-corrected chi connectivity index (χ1v) is 13.3. The molecule has 0 radical (unpaired) electrons. The van der Waals surface area contributed by atoms with E-state index in [0.717, 1.165) is 43.8 Å². The van der Waals surface area contributed by atoms with Crippen molar-refractivity contribution >= 4 is 34.1 Å². The first-order valence-electron chi connectivity index (χ1n) is 13.3. The molecule has 210 valence electrons. The summed E-state index contributed by atoms with van der Waals surface area (Å²) >= 11 is 0. The van der Waals surface area contributed by atoms with E-state index in [9.17, 15) is 18.7 Å². The van der Waals surface area contributed by atoms with E-state index in [0.29, 0.717) is 41.2 Å². The molecule has 1 aliphatic rings. The van der Waals surface area contributed by atoms with E-state index >= 15 is 0 Å². The first kappa shape index (κ1) is 27.4. The number of anilines is 3. The minimum absolute atomic E-state index is 0.115. The average molecular weight is 552 g/mol. The largest absolute Gasteiger partial charge is 0.493 e. The SMILES string of the molecule is O=C(Cc1cc(Nc2ncnc3cc(OCCCN4CCCC4CCO)ccc23)n[nH]1)Nc1cccc(F)c1F. The van der Waals surface area contributed by atoms with Crippen molar-refractivity contribution < 1.29 is 23.4 Å². The Morgan fingerprint density at radius 3 is 2.98 bits per heavy atom. The number of fused-ring (bicyclic) bond motifs is 1. The normalized spacial score (nSPS) is 15.4. The molecule has 1 fully saturated rings. The van der Waals surface area contributed by atoms with Crippen molar-refractivity contribution in [1.29, 1.82) is 0 Å². The molecular weight excluding hydrogens is 520 g/mol. The third-order valence-corrected chi connectivity index (χ3v) is 6.88. The monoisotopic (exact) mass is 551 g/mol. The quantitative estimate of drug-likeness (QED) is 0.193. The fourth-order valence-electron chi connectivity index (χ4n) is 4.95. The maximum absolute atomic E-state index is 13.8. The zero-order valence-electron chi connectivity index (χ0n) is 21.9. The van der Waals surface area contributed by atoms with Gasteiger partial charge in [0.2, 0.25) is 5.91 Å². The first-order chi connectivity index (χ1) is 19.5. The van der Waals surface area contributed by atoms with Crippen molar-refractivity contribution in [3.05, 3.63) is 66.1 Å². The molecule has 2 aromatic heterocycles. The van der Waals surface area contributed by atoms with E-state index in [1.807, 2.05) is 18.2 Å². The standard InChI is InChI=1S/C28H31F2N7O3/c29-22-5-1-6-23(27(22)30)33-26(39)15-18-14-25(36-35-18)34-28-21-8-7-20(16-24(21)31-17-32-28)40-13-3-11-37-10-2-4-19(37)9-12-38/h1,5-8,14,16-17,19,38H,2-4,9-13,15H2,(H,33,39)(H2,31,32,34,35,36). The lowest BCUT2D eigenvalue weighted by molar-refractivity contribution is -0.115. The molecule has 1 saturated heterocycles. The van der Waals surface area contributed by atoms with Crippen LogP contribution in [0.15, 0.2) is 48.8 Å². The van der Waals surface area contributed by atoms with Gasteiger partial charge in [0, 0.05) is 42.4 Å². The Balaban J connectivity index is 1.15. The molecule has 40 heavy (non-hydrogen) atoms. The topological polar surface area (TPSA) is 128 Å². The molecule has 0 aliphatic carbocycles. The summed E-state index contributed by atoms with van der Waals surface area (Å²) in [6.07, 6.45) is 5.38. The number of aromatic nitrogens is 4. The van der Waals surface area contributed by atoms with Gasteiger partial charge in [0.25, 0.3) is 0 Å². The minimum atomic E-state index is -1.11. The minimum Gasteiger partial charge on any atom is -0.493 e. The number of hydrogen-bond acceptors (Lipinski definition) is 8. The average Bonchev–Trinajstić information content (AvgIpc) is 3.58. The summed E-state index contributed by atoms with van der Waals surface area (Å²) in [7, 11) is 0. The van der Waals surface area contributed by atoms with Gasteiger partial charge in [0.15, 0.2) is 17.5 Å². The van der Waals surface area contributed by atoms with Crippen molar-refractivity contribution in [2.75, 3.05) is 36.9 Å². The van der Waals surface area contributed by atoms with Crippen LogP contribution in [-0.2, 0) is 11.2 Å². The summed E-state index contributed by atoms with van der Waals surface area (Å²) in [5.41, 5.74) is 0.948. The van der Waals surface area contributed by atoms with Gasteiger partial charge in [-0.3, -0.25) is 9.89 Å². The molecule has 10 nitrogen and oxygen atoms in total. The number of nitrogens with one attached hydrogen (secondary N) is 3. The van der Waals surface area contributed by atoms with E-state index in [2.05, 4.69) is 35.7 Å².